The van der Waals surface area contributed by atoms with Gasteiger partial charge in [0.15, 0.2) is 0 Å². The molecule has 0 saturated carbocycles. The van der Waals surface area contributed by atoms with Gasteiger partial charge in [0.2, 0.25) is 0 Å². The van der Waals surface area contributed by atoms with E-state index in [1.165, 1.54) is 5.56 Å². The molecule has 0 aromatic heterocycles. The molecule has 0 aliphatic heterocycles. The largest absolute Gasteiger partial charge is 0.399 e. The zero-order chi connectivity index (χ0) is 12.4. The molecule has 2 aromatic carbocycles. The molecule has 17 heavy (non-hydrogen) atoms. The maximum absolute atomic E-state index is 5.73. The van der Waals surface area contributed by atoms with Crippen LogP contribution in [-0.4, -0.2) is 0 Å². The number of benzene rings is 2. The summed E-state index contributed by atoms with van der Waals surface area (Å²) in [6.45, 7) is 2.07. The molecule has 2 rings (SSSR count). The lowest BCUT2D eigenvalue weighted by Crippen LogP contribution is -1.95. The smallest absolute Gasteiger partial charge is 0.0529 e. The van der Waals surface area contributed by atoms with E-state index in [1.807, 2.05) is 18.2 Å². The van der Waals surface area contributed by atoms with Crippen molar-refractivity contribution in [3.8, 4) is 0 Å². The number of aryl methyl sites for hydroxylation is 1. The molecule has 0 fully saturated rings. The first-order valence-corrected chi connectivity index (χ1v) is 7.01. The van der Waals surface area contributed by atoms with Crippen molar-refractivity contribution < 1.29 is 0 Å². The van der Waals surface area contributed by atoms with Crippen LogP contribution in [0, 0.1) is 10.5 Å². The Kier molecular flexibility index (Phi) is 3.93. The average Bonchev–Trinajstić information content (AvgIpc) is 2.25. The third-order valence-corrected chi connectivity index (χ3v) is 3.94. The van der Waals surface area contributed by atoms with Crippen LogP contribution in [0.3, 0.4) is 0 Å². The fraction of sp³-hybridized carbons (Fsp3) is 0.0769. The third-order valence-electron chi connectivity index (χ3n) is 2.39. The highest BCUT2D eigenvalue weighted by Gasteiger charge is 2.03. The van der Waals surface area contributed by atoms with Gasteiger partial charge in [-0.25, -0.2) is 0 Å². The molecule has 2 nitrogen and oxygen atoms in total. The predicted molar refractivity (Wildman–Crippen MR) is 85.7 cm³/mol. The van der Waals surface area contributed by atoms with E-state index in [-0.39, 0.29) is 0 Å². The van der Waals surface area contributed by atoms with Gasteiger partial charge in [-0.2, -0.15) is 0 Å². The number of nitrogens with one attached hydrogen (secondary N) is 1. The van der Waals surface area contributed by atoms with Crippen molar-refractivity contribution in [1.29, 1.82) is 0 Å². The van der Waals surface area contributed by atoms with E-state index in [4.69, 9.17) is 5.73 Å². The summed E-state index contributed by atoms with van der Waals surface area (Å²) in [6, 6.07) is 12.1. The Hall–Kier alpha value is -0.750. The Bertz CT molecular complexity index is 506. The van der Waals surface area contributed by atoms with Gasteiger partial charge in [0.1, 0.15) is 0 Å². The van der Waals surface area contributed by atoms with Gasteiger partial charge < -0.3 is 11.1 Å². The molecule has 2 aromatic rings. The first-order valence-electron chi connectivity index (χ1n) is 5.14. The molecule has 0 radical (unpaired) electrons. The minimum atomic E-state index is 0.780. The summed E-state index contributed by atoms with van der Waals surface area (Å²) in [6.07, 6.45) is 0. The van der Waals surface area contributed by atoms with Gasteiger partial charge in [-0.1, -0.05) is 6.07 Å². The molecule has 0 unspecified atom stereocenters. The van der Waals surface area contributed by atoms with Gasteiger partial charge >= 0.3 is 0 Å². The Morgan fingerprint density at radius 1 is 1.12 bits per heavy atom. The van der Waals surface area contributed by atoms with Crippen molar-refractivity contribution in [3.05, 3.63) is 50.0 Å². The normalized spacial score (nSPS) is 10.3. The molecule has 4 heteroatoms. The Balaban J connectivity index is 2.31. The van der Waals surface area contributed by atoms with E-state index in [0.29, 0.717) is 0 Å². The molecule has 88 valence electrons. The zero-order valence-electron chi connectivity index (χ0n) is 9.30. The second-order valence-electron chi connectivity index (χ2n) is 3.85. The Morgan fingerprint density at radius 2 is 1.82 bits per heavy atom. The lowest BCUT2D eigenvalue weighted by molar-refractivity contribution is 1.43. The predicted octanol–water partition coefficient (Wildman–Crippen LogP) is 4.69. The number of anilines is 3. The number of rotatable bonds is 2. The maximum Gasteiger partial charge on any atom is 0.0529 e. The highest BCUT2D eigenvalue weighted by Crippen LogP contribution is 2.29. The minimum Gasteiger partial charge on any atom is -0.399 e. The highest BCUT2D eigenvalue weighted by atomic mass is 127. The summed E-state index contributed by atoms with van der Waals surface area (Å²) in [7, 11) is 0. The molecule has 0 bridgehead atoms. The number of nitrogens with two attached hydrogens (primary N) is 1. The van der Waals surface area contributed by atoms with Crippen LogP contribution >= 0.6 is 38.5 Å². The molecule has 0 heterocycles. The third kappa shape index (κ3) is 3.13. The molecule has 0 amide bonds. The van der Waals surface area contributed by atoms with Crippen LogP contribution in [0.25, 0.3) is 0 Å². The lowest BCUT2D eigenvalue weighted by atomic mass is 10.2. The number of nitrogen functional groups attached to an aromatic ring is 1. The molecule has 0 aliphatic rings. The van der Waals surface area contributed by atoms with Gasteiger partial charge in [0.25, 0.3) is 0 Å². The second kappa shape index (κ2) is 5.27. The first-order chi connectivity index (χ1) is 8.06. The number of halogens is 2. The van der Waals surface area contributed by atoms with Crippen LogP contribution < -0.4 is 11.1 Å². The quantitative estimate of drug-likeness (QED) is 0.565. The molecule has 0 spiro atoms. The summed E-state index contributed by atoms with van der Waals surface area (Å²) in [5.41, 5.74) is 9.85. The van der Waals surface area contributed by atoms with E-state index in [2.05, 4.69) is 69.0 Å². The summed E-state index contributed by atoms with van der Waals surface area (Å²) in [5, 5.41) is 3.38. The van der Waals surface area contributed by atoms with E-state index in [9.17, 15) is 0 Å². The SMILES string of the molecule is Cc1ccc(Nc2ccc(N)cc2I)c(Br)c1. The summed E-state index contributed by atoms with van der Waals surface area (Å²) in [5.74, 6) is 0. The fourth-order valence-electron chi connectivity index (χ4n) is 1.50. The standard InChI is InChI=1S/C13H12BrIN2/c1-8-2-4-12(10(14)6-8)17-13-5-3-9(16)7-11(13)15/h2-7,17H,16H2,1H3. The van der Waals surface area contributed by atoms with Gasteiger partial charge in [0, 0.05) is 13.7 Å². The van der Waals surface area contributed by atoms with Crippen molar-refractivity contribution in [2.75, 3.05) is 11.1 Å². The van der Waals surface area contributed by atoms with Gasteiger partial charge in [-0.05, 0) is 81.3 Å². The van der Waals surface area contributed by atoms with Crippen LogP contribution in [0.4, 0.5) is 17.1 Å². The van der Waals surface area contributed by atoms with Crippen molar-refractivity contribution in [1.82, 2.24) is 0 Å². The van der Waals surface area contributed by atoms with Crippen LogP contribution in [0.15, 0.2) is 40.9 Å². The highest BCUT2D eigenvalue weighted by molar-refractivity contribution is 14.1. The second-order valence-corrected chi connectivity index (χ2v) is 5.86. The first kappa shape index (κ1) is 12.7. The van der Waals surface area contributed by atoms with Gasteiger partial charge in [-0.15, -0.1) is 0 Å². The average molecular weight is 403 g/mol. The van der Waals surface area contributed by atoms with Gasteiger partial charge in [0.05, 0.1) is 11.4 Å². The van der Waals surface area contributed by atoms with E-state index in [1.54, 1.807) is 0 Å². The van der Waals surface area contributed by atoms with Crippen LogP contribution in [0.5, 0.6) is 0 Å². The monoisotopic (exact) mass is 402 g/mol. The van der Waals surface area contributed by atoms with Crippen molar-refractivity contribution in [2.24, 2.45) is 0 Å². The molecule has 0 saturated heterocycles. The van der Waals surface area contributed by atoms with Crippen molar-refractivity contribution >= 4 is 55.6 Å². The Labute approximate surface area is 123 Å². The van der Waals surface area contributed by atoms with Crippen LogP contribution in [0.2, 0.25) is 0 Å². The van der Waals surface area contributed by atoms with Crippen molar-refractivity contribution in [2.45, 2.75) is 6.92 Å². The lowest BCUT2D eigenvalue weighted by Gasteiger charge is -2.11. The molecule has 0 aliphatic carbocycles. The summed E-state index contributed by atoms with van der Waals surface area (Å²) >= 11 is 5.83. The zero-order valence-corrected chi connectivity index (χ0v) is 13.0. The van der Waals surface area contributed by atoms with Crippen LogP contribution in [-0.2, 0) is 0 Å². The summed E-state index contributed by atoms with van der Waals surface area (Å²) < 4.78 is 2.17. The molecule has 0 atom stereocenters. The minimum absolute atomic E-state index is 0.780. The van der Waals surface area contributed by atoms with E-state index >= 15 is 0 Å². The van der Waals surface area contributed by atoms with E-state index < -0.39 is 0 Å². The molecular weight excluding hydrogens is 391 g/mol. The molecule has 3 N–H and O–H groups in total. The summed E-state index contributed by atoms with van der Waals surface area (Å²) in [4.78, 5) is 0. The number of hydrogen-bond acceptors (Lipinski definition) is 2. The van der Waals surface area contributed by atoms with Crippen LogP contribution in [0.1, 0.15) is 5.56 Å². The Morgan fingerprint density at radius 3 is 2.47 bits per heavy atom. The molecular formula is C13H12BrIN2. The maximum atomic E-state index is 5.73. The van der Waals surface area contributed by atoms with E-state index in [0.717, 1.165) is 25.1 Å². The fourth-order valence-corrected chi connectivity index (χ4v) is 2.77. The van der Waals surface area contributed by atoms with Crippen molar-refractivity contribution in [3.63, 3.8) is 0 Å². The van der Waals surface area contributed by atoms with Gasteiger partial charge in [-0.3, -0.25) is 0 Å². The number of hydrogen-bond donors (Lipinski definition) is 2. The topological polar surface area (TPSA) is 38.0 Å².